The molecule has 0 amide bonds. The van der Waals surface area contributed by atoms with E-state index >= 15 is 0 Å². The lowest BCUT2D eigenvalue weighted by molar-refractivity contribution is 0.599. The van der Waals surface area contributed by atoms with Crippen LogP contribution in [0.2, 0.25) is 0 Å². The number of anilines is 3. The van der Waals surface area contributed by atoms with E-state index in [1.807, 2.05) is 0 Å². The quantitative estimate of drug-likeness (QED) is 0.761. The first-order chi connectivity index (χ1) is 7.36. The minimum atomic E-state index is 0.747. The van der Waals surface area contributed by atoms with Crippen molar-refractivity contribution in [3.8, 4) is 0 Å². The summed E-state index contributed by atoms with van der Waals surface area (Å²) in [6.45, 7) is 4.28. The molecular formula is C10H15N5. The molecule has 1 aromatic heterocycles. The Balaban J connectivity index is 1.93. The van der Waals surface area contributed by atoms with Crippen LogP contribution in [0.3, 0.4) is 0 Å². The van der Waals surface area contributed by atoms with Gasteiger partial charge in [-0.05, 0) is 12.8 Å². The summed E-state index contributed by atoms with van der Waals surface area (Å²) in [4.78, 5) is 12.9. The summed E-state index contributed by atoms with van der Waals surface area (Å²) in [7, 11) is 0. The lowest BCUT2D eigenvalue weighted by Gasteiger charge is -2.36. The fraction of sp³-hybridized carbons (Fsp3) is 0.600. The Hall–Kier alpha value is -1.52. The topological polar surface area (TPSA) is 58.3 Å². The molecule has 0 aromatic carbocycles. The number of nitrogens with two attached hydrogens (primary N) is 1. The van der Waals surface area contributed by atoms with Gasteiger partial charge in [-0.3, -0.25) is 0 Å². The molecule has 80 valence electrons. The predicted molar refractivity (Wildman–Crippen MR) is 60.1 cm³/mol. The monoisotopic (exact) mass is 205 g/mol. The molecule has 2 aliphatic heterocycles. The highest BCUT2D eigenvalue weighted by atomic mass is 15.3. The molecule has 2 N–H and O–H groups in total. The Morgan fingerprint density at radius 3 is 1.73 bits per heavy atom. The van der Waals surface area contributed by atoms with Crippen LogP contribution in [0.1, 0.15) is 12.8 Å². The van der Waals surface area contributed by atoms with Crippen LogP contribution < -0.4 is 15.5 Å². The van der Waals surface area contributed by atoms with E-state index < -0.39 is 0 Å². The number of rotatable bonds is 2. The molecule has 1 aromatic rings. The summed E-state index contributed by atoms with van der Waals surface area (Å²) in [5, 5.41) is 0. The lowest BCUT2D eigenvalue weighted by Crippen LogP contribution is -2.40. The largest absolute Gasteiger partial charge is 0.393 e. The summed E-state index contributed by atoms with van der Waals surface area (Å²) in [5.74, 6) is 1.83. The molecule has 5 heteroatoms. The average molecular weight is 205 g/mol. The average Bonchev–Trinajstić information content (AvgIpc) is 2.05. The van der Waals surface area contributed by atoms with Crippen molar-refractivity contribution < 1.29 is 0 Å². The molecule has 0 atom stereocenters. The SMILES string of the molecule is Nc1c(N2CCC2)ncnc1N1CCC1. The standard InChI is InChI=1S/C10H15N5/c11-8-9(14-3-1-4-14)12-7-13-10(8)15-5-2-6-15/h7H,1-6,11H2. The zero-order chi connectivity index (χ0) is 10.3. The second-order valence-electron chi connectivity index (χ2n) is 4.12. The maximum absolute atomic E-state index is 6.10. The van der Waals surface area contributed by atoms with Crippen molar-refractivity contribution in [2.24, 2.45) is 0 Å². The van der Waals surface area contributed by atoms with E-state index in [1.54, 1.807) is 6.33 Å². The molecule has 3 rings (SSSR count). The molecule has 3 heterocycles. The zero-order valence-corrected chi connectivity index (χ0v) is 8.69. The van der Waals surface area contributed by atoms with Crippen molar-refractivity contribution in [1.82, 2.24) is 9.97 Å². The maximum Gasteiger partial charge on any atom is 0.157 e. The smallest absolute Gasteiger partial charge is 0.157 e. The fourth-order valence-corrected chi connectivity index (χ4v) is 1.94. The minimum Gasteiger partial charge on any atom is -0.393 e. The summed E-state index contributed by atoms with van der Waals surface area (Å²) in [6, 6.07) is 0. The molecule has 2 aliphatic rings. The second-order valence-corrected chi connectivity index (χ2v) is 4.12. The van der Waals surface area contributed by atoms with Crippen LogP contribution in [0.4, 0.5) is 17.3 Å². The van der Waals surface area contributed by atoms with Gasteiger partial charge in [-0.25, -0.2) is 9.97 Å². The summed E-state index contributed by atoms with van der Waals surface area (Å²) in [6.07, 6.45) is 4.10. The molecule has 0 bridgehead atoms. The zero-order valence-electron chi connectivity index (χ0n) is 8.69. The van der Waals surface area contributed by atoms with Gasteiger partial charge in [0.2, 0.25) is 0 Å². The Bertz CT molecular complexity index is 338. The van der Waals surface area contributed by atoms with Crippen LogP contribution in [0.5, 0.6) is 0 Å². The van der Waals surface area contributed by atoms with Gasteiger partial charge in [0.15, 0.2) is 11.6 Å². The van der Waals surface area contributed by atoms with Crippen LogP contribution in [0, 0.1) is 0 Å². The first kappa shape index (κ1) is 8.76. The van der Waals surface area contributed by atoms with Crippen molar-refractivity contribution in [2.45, 2.75) is 12.8 Å². The van der Waals surface area contributed by atoms with Gasteiger partial charge in [0.25, 0.3) is 0 Å². The molecule has 0 aliphatic carbocycles. The van der Waals surface area contributed by atoms with E-state index in [4.69, 9.17) is 5.73 Å². The molecule has 0 spiro atoms. The van der Waals surface area contributed by atoms with Crippen LogP contribution in [0.25, 0.3) is 0 Å². The van der Waals surface area contributed by atoms with E-state index in [9.17, 15) is 0 Å². The highest BCUT2D eigenvalue weighted by molar-refractivity contribution is 5.76. The van der Waals surface area contributed by atoms with E-state index in [1.165, 1.54) is 12.8 Å². The molecule has 2 saturated heterocycles. The minimum absolute atomic E-state index is 0.747. The molecule has 15 heavy (non-hydrogen) atoms. The van der Waals surface area contributed by atoms with Gasteiger partial charge < -0.3 is 15.5 Å². The van der Waals surface area contributed by atoms with Gasteiger partial charge in [-0.1, -0.05) is 0 Å². The van der Waals surface area contributed by atoms with E-state index in [-0.39, 0.29) is 0 Å². The van der Waals surface area contributed by atoms with Crippen molar-refractivity contribution in [3.63, 3.8) is 0 Å². The number of nitrogen functional groups attached to an aromatic ring is 1. The molecule has 5 nitrogen and oxygen atoms in total. The van der Waals surface area contributed by atoms with E-state index in [0.29, 0.717) is 0 Å². The first-order valence-electron chi connectivity index (χ1n) is 5.46. The summed E-state index contributed by atoms with van der Waals surface area (Å²) in [5.41, 5.74) is 6.84. The van der Waals surface area contributed by atoms with Crippen molar-refractivity contribution in [3.05, 3.63) is 6.33 Å². The van der Waals surface area contributed by atoms with E-state index in [2.05, 4.69) is 19.8 Å². The Kier molecular flexibility index (Phi) is 1.90. The lowest BCUT2D eigenvalue weighted by atomic mass is 10.2. The van der Waals surface area contributed by atoms with Gasteiger partial charge in [-0.15, -0.1) is 0 Å². The third-order valence-electron chi connectivity index (χ3n) is 3.15. The third kappa shape index (κ3) is 1.30. The van der Waals surface area contributed by atoms with Gasteiger partial charge in [0.1, 0.15) is 12.0 Å². The summed E-state index contributed by atoms with van der Waals surface area (Å²) >= 11 is 0. The Morgan fingerprint density at radius 1 is 0.933 bits per heavy atom. The second kappa shape index (κ2) is 3.25. The van der Waals surface area contributed by atoms with E-state index in [0.717, 1.165) is 43.5 Å². The molecule has 0 unspecified atom stereocenters. The van der Waals surface area contributed by atoms with Gasteiger partial charge >= 0.3 is 0 Å². The van der Waals surface area contributed by atoms with Crippen LogP contribution in [-0.4, -0.2) is 36.1 Å². The number of hydrogen-bond acceptors (Lipinski definition) is 5. The van der Waals surface area contributed by atoms with Crippen molar-refractivity contribution in [1.29, 1.82) is 0 Å². The molecule has 2 fully saturated rings. The molecule has 0 radical (unpaired) electrons. The number of hydrogen-bond donors (Lipinski definition) is 1. The fourth-order valence-electron chi connectivity index (χ4n) is 1.94. The van der Waals surface area contributed by atoms with Crippen LogP contribution in [0.15, 0.2) is 6.33 Å². The Morgan fingerprint density at radius 2 is 1.40 bits per heavy atom. The van der Waals surface area contributed by atoms with Crippen molar-refractivity contribution in [2.75, 3.05) is 41.7 Å². The number of aromatic nitrogens is 2. The van der Waals surface area contributed by atoms with Gasteiger partial charge in [0.05, 0.1) is 0 Å². The summed E-state index contributed by atoms with van der Waals surface area (Å²) < 4.78 is 0. The third-order valence-corrected chi connectivity index (χ3v) is 3.15. The highest BCUT2D eigenvalue weighted by Gasteiger charge is 2.24. The van der Waals surface area contributed by atoms with Gasteiger partial charge in [0, 0.05) is 26.2 Å². The predicted octanol–water partition coefficient (Wildman–Crippen LogP) is 0.479. The first-order valence-corrected chi connectivity index (χ1v) is 5.46. The number of nitrogens with zero attached hydrogens (tertiary/aromatic N) is 4. The van der Waals surface area contributed by atoms with Crippen molar-refractivity contribution >= 4 is 17.3 Å². The highest BCUT2D eigenvalue weighted by Crippen LogP contribution is 2.32. The molecular weight excluding hydrogens is 190 g/mol. The molecule has 0 saturated carbocycles. The Labute approximate surface area is 88.9 Å². The van der Waals surface area contributed by atoms with Gasteiger partial charge in [-0.2, -0.15) is 0 Å². The van der Waals surface area contributed by atoms with Crippen LogP contribution >= 0.6 is 0 Å². The normalized spacial score (nSPS) is 19.7. The van der Waals surface area contributed by atoms with Crippen LogP contribution in [-0.2, 0) is 0 Å². The maximum atomic E-state index is 6.10.